The van der Waals surface area contributed by atoms with E-state index in [2.05, 4.69) is 78.9 Å². The van der Waals surface area contributed by atoms with Crippen molar-refractivity contribution in [1.29, 1.82) is 5.26 Å². The van der Waals surface area contributed by atoms with Crippen LogP contribution >= 0.6 is 0 Å². The number of hydrogen-bond acceptors (Lipinski definition) is 4. The first-order chi connectivity index (χ1) is 24.6. The van der Waals surface area contributed by atoms with Crippen LogP contribution in [0.15, 0.2) is 127 Å². The zero-order valence-corrected chi connectivity index (χ0v) is 27.9. The Morgan fingerprint density at radius 3 is 1.56 bits per heavy atom. The predicted octanol–water partition coefficient (Wildman–Crippen LogP) is 11.2. The van der Waals surface area contributed by atoms with Crippen LogP contribution in [0.2, 0.25) is 0 Å². The first-order valence-electron chi connectivity index (χ1n) is 18.0. The highest BCUT2D eigenvalue weighted by Gasteiger charge is 2.51. The Labute approximate surface area is 292 Å². The van der Waals surface area contributed by atoms with E-state index in [9.17, 15) is 5.26 Å². The second kappa shape index (κ2) is 11.5. The number of nitriles is 1. The summed E-state index contributed by atoms with van der Waals surface area (Å²) in [5, 5.41) is 14.2. The standard InChI is InChI=1S/C46H36N4/c47-28-29-9-8-12-35(24-29)44-48-43(34-10-2-1-3-11-34)49-45(50-44)42-39-15-6-4-13-37(39)41(38-14-5-7-16-40(38)42)33-17-19-36(20-18-33)46-25-30-21-31(26-46)23-32(22-30)27-46/h1-20,24,30-32H,21-23,25-27H2/t30-,31-,32-,46?. The number of rotatable bonds is 5. The quantitative estimate of drug-likeness (QED) is 0.175. The third kappa shape index (κ3) is 4.76. The van der Waals surface area contributed by atoms with E-state index < -0.39 is 0 Å². The fraction of sp³-hybridized carbons (Fsp3) is 0.217. The van der Waals surface area contributed by atoms with Gasteiger partial charge in [-0.05, 0) is 112 Å². The molecule has 11 rings (SSSR count). The molecule has 4 saturated carbocycles. The third-order valence-corrected chi connectivity index (χ3v) is 11.9. The molecule has 0 unspecified atom stereocenters. The molecule has 0 saturated heterocycles. The van der Waals surface area contributed by atoms with Crippen LogP contribution < -0.4 is 0 Å². The van der Waals surface area contributed by atoms with E-state index in [0.717, 1.165) is 45.2 Å². The molecule has 50 heavy (non-hydrogen) atoms. The Morgan fingerprint density at radius 1 is 0.480 bits per heavy atom. The second-order valence-electron chi connectivity index (χ2n) is 15.0. The predicted molar refractivity (Wildman–Crippen MR) is 201 cm³/mol. The van der Waals surface area contributed by atoms with Gasteiger partial charge in [0.15, 0.2) is 17.5 Å². The normalized spacial score (nSPS) is 22.2. The van der Waals surface area contributed by atoms with Crippen molar-refractivity contribution in [3.8, 4) is 51.4 Å². The van der Waals surface area contributed by atoms with Gasteiger partial charge in [-0.3, -0.25) is 0 Å². The third-order valence-electron chi connectivity index (χ3n) is 11.9. The van der Waals surface area contributed by atoms with Crippen molar-refractivity contribution in [2.75, 3.05) is 0 Å². The summed E-state index contributed by atoms with van der Waals surface area (Å²) >= 11 is 0. The molecule has 4 heteroatoms. The number of hydrogen-bond donors (Lipinski definition) is 0. The molecule has 4 nitrogen and oxygen atoms in total. The first kappa shape index (κ1) is 29.3. The minimum Gasteiger partial charge on any atom is -0.208 e. The van der Waals surface area contributed by atoms with Crippen LogP contribution in [0, 0.1) is 29.1 Å². The van der Waals surface area contributed by atoms with Gasteiger partial charge < -0.3 is 0 Å². The molecule has 4 bridgehead atoms. The van der Waals surface area contributed by atoms with Gasteiger partial charge >= 0.3 is 0 Å². The van der Waals surface area contributed by atoms with Crippen LogP contribution in [0.4, 0.5) is 0 Å². The molecule has 240 valence electrons. The molecule has 1 heterocycles. The molecule has 0 N–H and O–H groups in total. The number of nitrogens with zero attached hydrogens (tertiary/aromatic N) is 4. The van der Waals surface area contributed by atoms with Crippen LogP contribution in [0.3, 0.4) is 0 Å². The smallest absolute Gasteiger partial charge is 0.165 e. The molecule has 0 amide bonds. The van der Waals surface area contributed by atoms with Gasteiger partial charge in [0.25, 0.3) is 0 Å². The monoisotopic (exact) mass is 644 g/mol. The minimum atomic E-state index is 0.376. The Balaban J connectivity index is 1.17. The fourth-order valence-corrected chi connectivity index (χ4v) is 10.2. The minimum absolute atomic E-state index is 0.376. The summed E-state index contributed by atoms with van der Waals surface area (Å²) in [6, 6.07) is 46.9. The lowest BCUT2D eigenvalue weighted by molar-refractivity contribution is -0.00518. The number of aromatic nitrogens is 3. The van der Waals surface area contributed by atoms with Gasteiger partial charge in [0.05, 0.1) is 11.6 Å². The summed E-state index contributed by atoms with van der Waals surface area (Å²) in [6.07, 6.45) is 8.51. The highest BCUT2D eigenvalue weighted by molar-refractivity contribution is 6.20. The Bertz CT molecular complexity index is 2380. The van der Waals surface area contributed by atoms with Gasteiger partial charge in [-0.15, -0.1) is 0 Å². The maximum atomic E-state index is 9.66. The zero-order chi connectivity index (χ0) is 33.2. The van der Waals surface area contributed by atoms with Crippen molar-refractivity contribution in [2.45, 2.75) is 43.9 Å². The summed E-state index contributed by atoms with van der Waals surface area (Å²) in [5.41, 5.74) is 7.68. The lowest BCUT2D eigenvalue weighted by Crippen LogP contribution is -2.48. The summed E-state index contributed by atoms with van der Waals surface area (Å²) in [6.45, 7) is 0. The van der Waals surface area contributed by atoms with Crippen LogP contribution in [0.25, 0.3) is 66.8 Å². The van der Waals surface area contributed by atoms with Crippen molar-refractivity contribution in [3.05, 3.63) is 139 Å². The average Bonchev–Trinajstić information content (AvgIpc) is 3.16. The Hall–Kier alpha value is -5.66. The molecule has 0 aliphatic heterocycles. The maximum Gasteiger partial charge on any atom is 0.165 e. The molecule has 1 aromatic heterocycles. The molecule has 0 spiro atoms. The van der Waals surface area contributed by atoms with Crippen molar-refractivity contribution < 1.29 is 0 Å². The molecule has 4 aliphatic rings. The van der Waals surface area contributed by atoms with Gasteiger partial charge in [0.2, 0.25) is 0 Å². The molecule has 7 aromatic rings. The topological polar surface area (TPSA) is 62.5 Å². The summed E-state index contributed by atoms with van der Waals surface area (Å²) in [4.78, 5) is 15.3. The van der Waals surface area contributed by atoms with Crippen LogP contribution in [-0.2, 0) is 5.41 Å². The van der Waals surface area contributed by atoms with Crippen LogP contribution in [-0.4, -0.2) is 15.0 Å². The zero-order valence-electron chi connectivity index (χ0n) is 27.9. The summed E-state index contributed by atoms with van der Waals surface area (Å²) in [5.74, 6) is 4.54. The Morgan fingerprint density at radius 2 is 0.980 bits per heavy atom. The Kier molecular flexibility index (Phi) is 6.71. The maximum absolute atomic E-state index is 9.66. The van der Waals surface area contributed by atoms with E-state index in [1.54, 1.807) is 11.6 Å². The molecule has 0 atom stereocenters. The first-order valence-corrected chi connectivity index (χ1v) is 18.0. The number of fused-ring (bicyclic) bond motifs is 2. The van der Waals surface area contributed by atoms with Crippen molar-refractivity contribution >= 4 is 21.5 Å². The van der Waals surface area contributed by atoms with E-state index in [0.29, 0.717) is 28.5 Å². The summed E-state index contributed by atoms with van der Waals surface area (Å²) in [7, 11) is 0. The van der Waals surface area contributed by atoms with Crippen molar-refractivity contribution in [1.82, 2.24) is 15.0 Å². The van der Waals surface area contributed by atoms with E-state index in [4.69, 9.17) is 15.0 Å². The molecular weight excluding hydrogens is 609 g/mol. The lowest BCUT2D eigenvalue weighted by Gasteiger charge is -2.57. The van der Waals surface area contributed by atoms with Crippen LogP contribution in [0.1, 0.15) is 49.7 Å². The highest BCUT2D eigenvalue weighted by atomic mass is 15.0. The van der Waals surface area contributed by atoms with E-state index in [1.807, 2.05) is 48.5 Å². The average molecular weight is 645 g/mol. The molecule has 4 fully saturated rings. The van der Waals surface area contributed by atoms with Crippen molar-refractivity contribution in [3.63, 3.8) is 0 Å². The van der Waals surface area contributed by atoms with E-state index >= 15 is 0 Å². The number of benzene rings is 6. The van der Waals surface area contributed by atoms with Gasteiger partial charge in [-0.1, -0.05) is 115 Å². The van der Waals surface area contributed by atoms with Gasteiger partial charge in [-0.2, -0.15) is 5.26 Å². The van der Waals surface area contributed by atoms with Crippen molar-refractivity contribution in [2.24, 2.45) is 17.8 Å². The fourth-order valence-electron chi connectivity index (χ4n) is 10.2. The van der Waals surface area contributed by atoms with Crippen LogP contribution in [0.5, 0.6) is 0 Å². The van der Waals surface area contributed by atoms with E-state index in [-0.39, 0.29) is 0 Å². The van der Waals surface area contributed by atoms with E-state index in [1.165, 1.54) is 60.4 Å². The van der Waals surface area contributed by atoms with Gasteiger partial charge in [-0.25, -0.2) is 15.0 Å². The molecule has 4 aliphatic carbocycles. The molecule has 0 radical (unpaired) electrons. The SMILES string of the molecule is N#Cc1cccc(-c2nc(-c3ccccc3)nc(-c3c4ccccc4c(-c4ccc(C56C[C@H]7C[C@H](C5)C[C@@H](C6)C7)cc4)c4ccccc34)n2)c1. The highest BCUT2D eigenvalue weighted by Crippen LogP contribution is 2.61. The van der Waals surface area contributed by atoms with Gasteiger partial charge in [0, 0.05) is 16.7 Å². The largest absolute Gasteiger partial charge is 0.208 e. The molecular formula is C46H36N4. The summed E-state index contributed by atoms with van der Waals surface area (Å²) < 4.78 is 0. The second-order valence-corrected chi connectivity index (χ2v) is 15.0. The molecule has 6 aromatic carbocycles. The van der Waals surface area contributed by atoms with Gasteiger partial charge in [0.1, 0.15) is 0 Å². The lowest BCUT2D eigenvalue weighted by atomic mass is 9.48.